The van der Waals surface area contributed by atoms with Crippen molar-refractivity contribution in [1.29, 1.82) is 0 Å². The predicted molar refractivity (Wildman–Crippen MR) is 89.6 cm³/mol. The summed E-state index contributed by atoms with van der Waals surface area (Å²) < 4.78 is 0. The topological polar surface area (TPSA) is 59.2 Å². The summed E-state index contributed by atoms with van der Waals surface area (Å²) in [6.07, 6.45) is 11.1. The van der Waals surface area contributed by atoms with E-state index in [1.165, 1.54) is 12.8 Å². The van der Waals surface area contributed by atoms with Crippen LogP contribution in [-0.4, -0.2) is 27.9 Å². The van der Waals surface area contributed by atoms with Gasteiger partial charge in [-0.3, -0.25) is 9.78 Å². The van der Waals surface area contributed by atoms with Crippen LogP contribution in [0.3, 0.4) is 0 Å². The van der Waals surface area contributed by atoms with Crippen LogP contribution in [0.1, 0.15) is 50.5 Å². The second-order valence-electron chi connectivity index (χ2n) is 6.52. The Morgan fingerprint density at radius 3 is 2.50 bits per heavy atom. The maximum Gasteiger partial charge on any atom is 0.223 e. The van der Waals surface area contributed by atoms with Crippen molar-refractivity contribution in [2.45, 2.75) is 63.6 Å². The van der Waals surface area contributed by atoms with Crippen LogP contribution in [0.2, 0.25) is 0 Å². The molecule has 2 saturated carbocycles. The van der Waals surface area contributed by atoms with E-state index in [2.05, 4.69) is 9.88 Å². The van der Waals surface area contributed by atoms with Crippen molar-refractivity contribution >= 4 is 18.3 Å². The number of hydrogen-bond acceptors (Lipinski definition) is 3. The van der Waals surface area contributed by atoms with Crippen LogP contribution in [0, 0.1) is 5.92 Å². The van der Waals surface area contributed by atoms with E-state index in [9.17, 15) is 4.79 Å². The van der Waals surface area contributed by atoms with E-state index in [0.717, 1.165) is 31.2 Å². The number of rotatable bonds is 5. The van der Waals surface area contributed by atoms with Crippen molar-refractivity contribution in [3.8, 4) is 0 Å². The van der Waals surface area contributed by atoms with Gasteiger partial charge >= 0.3 is 0 Å². The van der Waals surface area contributed by atoms with Gasteiger partial charge in [-0.15, -0.1) is 12.4 Å². The molecule has 0 aliphatic heterocycles. The molecule has 2 aliphatic rings. The molecule has 0 spiro atoms. The monoisotopic (exact) mass is 323 g/mol. The Morgan fingerprint density at radius 2 is 1.86 bits per heavy atom. The zero-order valence-corrected chi connectivity index (χ0v) is 13.8. The Hall–Kier alpha value is -1.13. The van der Waals surface area contributed by atoms with Crippen molar-refractivity contribution in [3.63, 3.8) is 0 Å². The first-order valence-electron chi connectivity index (χ1n) is 8.18. The Morgan fingerprint density at radius 1 is 1.18 bits per heavy atom. The molecule has 122 valence electrons. The minimum atomic E-state index is 0. The van der Waals surface area contributed by atoms with Gasteiger partial charge in [0.05, 0.1) is 0 Å². The summed E-state index contributed by atoms with van der Waals surface area (Å²) in [7, 11) is 0. The normalized spacial score (nSPS) is 24.4. The summed E-state index contributed by atoms with van der Waals surface area (Å²) in [4.78, 5) is 18.8. The predicted octanol–water partition coefficient (Wildman–Crippen LogP) is 2.90. The molecule has 1 aromatic heterocycles. The lowest BCUT2D eigenvalue weighted by atomic mass is 9.82. The van der Waals surface area contributed by atoms with Crippen LogP contribution >= 0.6 is 12.4 Å². The van der Waals surface area contributed by atoms with Gasteiger partial charge in [-0.25, -0.2) is 0 Å². The number of carbonyl (C=O) groups is 1. The molecule has 0 saturated heterocycles. The third kappa shape index (κ3) is 4.43. The summed E-state index contributed by atoms with van der Waals surface area (Å²) >= 11 is 0. The van der Waals surface area contributed by atoms with Crippen molar-refractivity contribution < 1.29 is 4.79 Å². The van der Waals surface area contributed by atoms with Crippen LogP contribution in [0.25, 0.3) is 0 Å². The first-order chi connectivity index (χ1) is 10.2. The van der Waals surface area contributed by atoms with Crippen LogP contribution in [0.5, 0.6) is 0 Å². The summed E-state index contributed by atoms with van der Waals surface area (Å²) in [6, 6.07) is 4.65. The number of hydrogen-bond donors (Lipinski definition) is 1. The van der Waals surface area contributed by atoms with E-state index >= 15 is 0 Å². The van der Waals surface area contributed by atoms with Crippen molar-refractivity contribution in [3.05, 3.63) is 30.1 Å². The van der Waals surface area contributed by atoms with Crippen molar-refractivity contribution in [2.75, 3.05) is 0 Å². The van der Waals surface area contributed by atoms with Gasteiger partial charge in [0, 0.05) is 37.4 Å². The minimum absolute atomic E-state index is 0. The molecule has 5 heteroatoms. The molecule has 22 heavy (non-hydrogen) atoms. The number of carbonyl (C=O) groups excluding carboxylic acids is 1. The molecule has 0 bridgehead atoms. The maximum absolute atomic E-state index is 12.7. The van der Waals surface area contributed by atoms with E-state index < -0.39 is 0 Å². The lowest BCUT2D eigenvalue weighted by Crippen LogP contribution is -2.39. The molecule has 0 radical (unpaired) electrons. The molecule has 2 aliphatic carbocycles. The highest BCUT2D eigenvalue weighted by Crippen LogP contribution is 2.32. The van der Waals surface area contributed by atoms with Gasteiger partial charge in [0.2, 0.25) is 5.91 Å². The maximum atomic E-state index is 12.7. The number of amides is 1. The van der Waals surface area contributed by atoms with Crippen LogP contribution in [0.4, 0.5) is 0 Å². The average molecular weight is 324 g/mol. The molecular formula is C17H26ClN3O. The quantitative estimate of drug-likeness (QED) is 0.906. The Balaban J connectivity index is 0.00000176. The fourth-order valence-electron chi connectivity index (χ4n) is 3.32. The van der Waals surface area contributed by atoms with E-state index in [0.29, 0.717) is 24.9 Å². The smallest absolute Gasteiger partial charge is 0.223 e. The molecule has 1 amide bonds. The van der Waals surface area contributed by atoms with Crippen molar-refractivity contribution in [1.82, 2.24) is 9.88 Å². The molecule has 3 rings (SSSR count). The van der Waals surface area contributed by atoms with Gasteiger partial charge in [0.1, 0.15) is 0 Å². The number of nitrogens with zero attached hydrogens (tertiary/aromatic N) is 2. The number of pyridine rings is 1. The molecule has 1 heterocycles. The molecule has 1 aromatic rings. The van der Waals surface area contributed by atoms with E-state index in [1.54, 1.807) is 12.4 Å². The highest BCUT2D eigenvalue weighted by molar-refractivity contribution is 5.85. The van der Waals surface area contributed by atoms with E-state index in [-0.39, 0.29) is 24.4 Å². The first kappa shape index (κ1) is 17.2. The standard InChI is InChI=1S/C17H25N3O.ClH/c18-16-4-2-1-3-14(16)11-17(21)20(15-5-6-15)12-13-7-9-19-10-8-13;/h7-10,14-16H,1-6,11-12,18H2;1H. The van der Waals surface area contributed by atoms with Gasteiger partial charge in [-0.05, 0) is 49.3 Å². The lowest BCUT2D eigenvalue weighted by Gasteiger charge is -2.31. The second kappa shape index (κ2) is 7.93. The van der Waals surface area contributed by atoms with Gasteiger partial charge in [0.25, 0.3) is 0 Å². The Labute approximate surface area is 138 Å². The number of nitrogens with two attached hydrogens (primary N) is 1. The first-order valence-corrected chi connectivity index (χ1v) is 8.18. The van der Waals surface area contributed by atoms with Gasteiger partial charge in [-0.2, -0.15) is 0 Å². The number of halogens is 1. The third-order valence-corrected chi connectivity index (χ3v) is 4.81. The highest BCUT2D eigenvalue weighted by atomic mass is 35.5. The van der Waals surface area contributed by atoms with E-state index in [4.69, 9.17) is 5.73 Å². The fourth-order valence-corrected chi connectivity index (χ4v) is 3.32. The molecule has 2 unspecified atom stereocenters. The van der Waals surface area contributed by atoms with Crippen molar-refractivity contribution in [2.24, 2.45) is 11.7 Å². The minimum Gasteiger partial charge on any atom is -0.335 e. The van der Waals surface area contributed by atoms with Crippen LogP contribution in [0.15, 0.2) is 24.5 Å². The molecule has 2 atom stereocenters. The summed E-state index contributed by atoms with van der Waals surface area (Å²) in [6.45, 7) is 0.716. The Kier molecular flexibility index (Phi) is 6.21. The third-order valence-electron chi connectivity index (χ3n) is 4.81. The Bertz CT molecular complexity index is 478. The zero-order chi connectivity index (χ0) is 14.7. The molecule has 4 nitrogen and oxygen atoms in total. The average Bonchev–Trinajstić information content (AvgIpc) is 3.33. The largest absolute Gasteiger partial charge is 0.335 e. The summed E-state index contributed by atoms with van der Waals surface area (Å²) in [5.74, 6) is 0.668. The van der Waals surface area contributed by atoms with E-state index in [1.807, 2.05) is 12.1 Å². The van der Waals surface area contributed by atoms with Crippen LogP contribution in [-0.2, 0) is 11.3 Å². The summed E-state index contributed by atoms with van der Waals surface area (Å²) in [5.41, 5.74) is 7.36. The van der Waals surface area contributed by atoms with Gasteiger partial charge in [-0.1, -0.05) is 12.8 Å². The molecule has 0 aromatic carbocycles. The van der Waals surface area contributed by atoms with Gasteiger partial charge in [0.15, 0.2) is 0 Å². The second-order valence-corrected chi connectivity index (χ2v) is 6.52. The SMILES string of the molecule is Cl.NC1CCCCC1CC(=O)N(Cc1ccncc1)C1CC1. The highest BCUT2D eigenvalue weighted by Gasteiger charge is 2.34. The van der Waals surface area contributed by atoms with Gasteiger partial charge < -0.3 is 10.6 Å². The summed E-state index contributed by atoms with van der Waals surface area (Å²) in [5, 5.41) is 0. The molecule has 2 fully saturated rings. The van der Waals surface area contributed by atoms with Crippen LogP contribution < -0.4 is 5.73 Å². The zero-order valence-electron chi connectivity index (χ0n) is 13.0. The lowest BCUT2D eigenvalue weighted by molar-refractivity contribution is -0.133. The number of aromatic nitrogens is 1. The molecular weight excluding hydrogens is 298 g/mol. The fraction of sp³-hybridized carbons (Fsp3) is 0.647. The molecule has 2 N–H and O–H groups in total.